The van der Waals surface area contributed by atoms with Crippen molar-refractivity contribution in [2.45, 2.75) is 0 Å². The number of nitrogens with zero attached hydrogens (tertiary/aromatic N) is 2. The van der Waals surface area contributed by atoms with Crippen molar-refractivity contribution < 1.29 is 0 Å². The van der Waals surface area contributed by atoms with E-state index in [9.17, 15) is 5.26 Å². The maximum Gasteiger partial charge on any atom is 0.134 e. The standard InChI is InChI=1S/C22H14N2S2/c23-14-19(13-20-7-4-12-25-20)22-24-21(15-26-22)18-10-8-17(9-11-18)16-5-2-1-3-6-16/h1-13,15H. The van der Waals surface area contributed by atoms with E-state index >= 15 is 0 Å². The zero-order valence-electron chi connectivity index (χ0n) is 13.8. The molecule has 2 heterocycles. The number of hydrogen-bond acceptors (Lipinski definition) is 4. The summed E-state index contributed by atoms with van der Waals surface area (Å²) in [5.74, 6) is 0. The third kappa shape index (κ3) is 3.50. The first-order chi connectivity index (χ1) is 12.8. The highest BCUT2D eigenvalue weighted by Gasteiger charge is 2.09. The number of aromatic nitrogens is 1. The highest BCUT2D eigenvalue weighted by molar-refractivity contribution is 7.12. The van der Waals surface area contributed by atoms with Crippen molar-refractivity contribution in [2.75, 3.05) is 0 Å². The van der Waals surface area contributed by atoms with Gasteiger partial charge >= 0.3 is 0 Å². The van der Waals surface area contributed by atoms with Gasteiger partial charge in [0, 0.05) is 15.8 Å². The number of allylic oxidation sites excluding steroid dienone is 1. The van der Waals surface area contributed by atoms with Crippen LogP contribution in [0.4, 0.5) is 0 Å². The number of benzene rings is 2. The third-order valence-corrected chi connectivity index (χ3v) is 5.67. The Morgan fingerprint density at radius 3 is 2.27 bits per heavy atom. The van der Waals surface area contributed by atoms with Gasteiger partial charge in [0.2, 0.25) is 0 Å². The first-order valence-electron chi connectivity index (χ1n) is 8.10. The van der Waals surface area contributed by atoms with E-state index in [0.29, 0.717) is 5.57 Å². The zero-order valence-corrected chi connectivity index (χ0v) is 15.4. The molecule has 0 unspecified atom stereocenters. The van der Waals surface area contributed by atoms with Crippen LogP contribution in [-0.2, 0) is 0 Å². The summed E-state index contributed by atoms with van der Waals surface area (Å²) in [5.41, 5.74) is 4.94. The molecule has 0 aliphatic rings. The average Bonchev–Trinajstić information content (AvgIpc) is 3.39. The average molecular weight is 371 g/mol. The maximum absolute atomic E-state index is 9.47. The van der Waals surface area contributed by atoms with Gasteiger partial charge in [0.1, 0.15) is 11.1 Å². The second-order valence-corrected chi connectivity index (χ2v) is 7.50. The molecule has 0 saturated carbocycles. The van der Waals surface area contributed by atoms with E-state index in [1.54, 1.807) is 11.3 Å². The molecule has 0 spiro atoms. The summed E-state index contributed by atoms with van der Waals surface area (Å²) in [7, 11) is 0. The molecular formula is C22H14N2S2. The molecule has 0 aliphatic carbocycles. The number of nitriles is 1. The van der Waals surface area contributed by atoms with Crippen molar-refractivity contribution in [2.24, 2.45) is 0 Å². The minimum atomic E-state index is 0.601. The molecule has 2 aromatic carbocycles. The Labute approximate surface area is 160 Å². The number of rotatable bonds is 4. The Morgan fingerprint density at radius 1 is 0.846 bits per heavy atom. The number of hydrogen-bond donors (Lipinski definition) is 0. The predicted octanol–water partition coefficient (Wildman–Crippen LogP) is 6.60. The van der Waals surface area contributed by atoms with Crippen molar-refractivity contribution in [3.63, 3.8) is 0 Å². The van der Waals surface area contributed by atoms with Crippen LogP contribution in [0.1, 0.15) is 9.88 Å². The summed E-state index contributed by atoms with van der Waals surface area (Å²) in [5, 5.41) is 14.2. The lowest BCUT2D eigenvalue weighted by Crippen LogP contribution is -1.83. The third-order valence-electron chi connectivity index (χ3n) is 3.97. The van der Waals surface area contributed by atoms with Gasteiger partial charge in [-0.1, -0.05) is 60.7 Å². The fourth-order valence-corrected chi connectivity index (χ4v) is 4.10. The van der Waals surface area contributed by atoms with Gasteiger partial charge in [-0.3, -0.25) is 0 Å². The van der Waals surface area contributed by atoms with Gasteiger partial charge in [0.25, 0.3) is 0 Å². The zero-order chi connectivity index (χ0) is 17.8. The van der Waals surface area contributed by atoms with E-state index in [0.717, 1.165) is 21.1 Å². The van der Waals surface area contributed by atoms with Gasteiger partial charge in [-0.15, -0.1) is 22.7 Å². The fourth-order valence-electron chi connectivity index (χ4n) is 2.65. The molecular weight excluding hydrogens is 356 g/mol. The van der Waals surface area contributed by atoms with E-state index in [1.807, 2.05) is 47.2 Å². The molecule has 2 nitrogen and oxygen atoms in total. The molecule has 26 heavy (non-hydrogen) atoms. The van der Waals surface area contributed by atoms with Crippen molar-refractivity contribution in [1.29, 1.82) is 5.26 Å². The molecule has 0 fully saturated rings. The normalized spacial score (nSPS) is 11.3. The molecule has 0 atom stereocenters. The Hall–Kier alpha value is -3.00. The van der Waals surface area contributed by atoms with Crippen molar-refractivity contribution in [3.8, 4) is 28.5 Å². The van der Waals surface area contributed by atoms with Crippen LogP contribution in [0.5, 0.6) is 0 Å². The molecule has 2 aromatic heterocycles. The molecule has 0 radical (unpaired) electrons. The fraction of sp³-hybridized carbons (Fsp3) is 0. The van der Waals surface area contributed by atoms with Crippen LogP contribution in [-0.4, -0.2) is 4.98 Å². The minimum absolute atomic E-state index is 0.601. The summed E-state index contributed by atoms with van der Waals surface area (Å²) in [6.07, 6.45) is 1.89. The van der Waals surface area contributed by atoms with Crippen LogP contribution < -0.4 is 0 Å². The maximum atomic E-state index is 9.47. The van der Waals surface area contributed by atoms with E-state index < -0.39 is 0 Å². The van der Waals surface area contributed by atoms with Crippen LogP contribution in [0.2, 0.25) is 0 Å². The van der Waals surface area contributed by atoms with Gasteiger partial charge in [0.05, 0.1) is 11.3 Å². The molecule has 0 saturated heterocycles. The Bertz CT molecular complexity index is 1070. The van der Waals surface area contributed by atoms with Gasteiger partial charge in [-0.25, -0.2) is 4.98 Å². The van der Waals surface area contributed by atoms with E-state index in [-0.39, 0.29) is 0 Å². The lowest BCUT2D eigenvalue weighted by molar-refractivity contribution is 1.37. The van der Waals surface area contributed by atoms with Gasteiger partial charge in [0.15, 0.2) is 0 Å². The highest BCUT2D eigenvalue weighted by Crippen LogP contribution is 2.29. The number of thiophene rings is 1. The van der Waals surface area contributed by atoms with E-state index in [2.05, 4.69) is 47.5 Å². The first-order valence-corrected chi connectivity index (χ1v) is 9.86. The van der Waals surface area contributed by atoms with Gasteiger partial charge < -0.3 is 0 Å². The molecule has 0 aliphatic heterocycles. The quantitative estimate of drug-likeness (QED) is 0.379. The van der Waals surface area contributed by atoms with Crippen LogP contribution in [0.25, 0.3) is 34.0 Å². The molecule has 4 rings (SSSR count). The van der Waals surface area contributed by atoms with Gasteiger partial charge in [-0.05, 0) is 28.6 Å². The predicted molar refractivity (Wildman–Crippen MR) is 111 cm³/mol. The molecule has 124 valence electrons. The molecule has 4 aromatic rings. The smallest absolute Gasteiger partial charge is 0.134 e. The molecule has 0 amide bonds. The highest BCUT2D eigenvalue weighted by atomic mass is 32.1. The largest absolute Gasteiger partial charge is 0.235 e. The lowest BCUT2D eigenvalue weighted by atomic mass is 10.0. The summed E-state index contributed by atoms with van der Waals surface area (Å²) >= 11 is 3.12. The van der Waals surface area contributed by atoms with Crippen LogP contribution in [0.3, 0.4) is 0 Å². The van der Waals surface area contributed by atoms with Crippen LogP contribution in [0, 0.1) is 11.3 Å². The summed E-state index contributed by atoms with van der Waals surface area (Å²) in [6.45, 7) is 0. The van der Waals surface area contributed by atoms with Gasteiger partial charge in [-0.2, -0.15) is 5.26 Å². The lowest BCUT2D eigenvalue weighted by Gasteiger charge is -2.02. The second-order valence-electron chi connectivity index (χ2n) is 5.67. The summed E-state index contributed by atoms with van der Waals surface area (Å²) < 4.78 is 0. The van der Waals surface area contributed by atoms with E-state index in [4.69, 9.17) is 0 Å². The summed E-state index contributed by atoms with van der Waals surface area (Å²) in [4.78, 5) is 5.73. The van der Waals surface area contributed by atoms with Crippen LogP contribution in [0.15, 0.2) is 77.5 Å². The monoisotopic (exact) mass is 370 g/mol. The molecule has 0 N–H and O–H groups in total. The topological polar surface area (TPSA) is 36.7 Å². The Morgan fingerprint density at radius 2 is 1.58 bits per heavy atom. The Balaban J connectivity index is 1.61. The minimum Gasteiger partial charge on any atom is -0.235 e. The summed E-state index contributed by atoms with van der Waals surface area (Å²) in [6, 6.07) is 24.9. The first kappa shape index (κ1) is 16.5. The van der Waals surface area contributed by atoms with Crippen molar-refractivity contribution in [3.05, 3.63) is 87.4 Å². The second kappa shape index (κ2) is 7.49. The molecule has 0 bridgehead atoms. The van der Waals surface area contributed by atoms with Crippen LogP contribution >= 0.6 is 22.7 Å². The Kier molecular flexibility index (Phi) is 4.74. The van der Waals surface area contributed by atoms with E-state index in [1.165, 1.54) is 22.5 Å². The number of thiazole rings is 1. The van der Waals surface area contributed by atoms with Crippen molar-refractivity contribution >= 4 is 34.3 Å². The SMILES string of the molecule is N#CC(=Cc1cccs1)c1nc(-c2ccc(-c3ccccc3)cc2)cs1. The van der Waals surface area contributed by atoms with Crippen molar-refractivity contribution in [1.82, 2.24) is 4.98 Å². The molecule has 4 heteroatoms.